The molecule has 1 N–H and O–H groups in total. The van der Waals surface area contributed by atoms with Gasteiger partial charge in [-0.05, 0) is 41.7 Å². The summed E-state index contributed by atoms with van der Waals surface area (Å²) >= 11 is 0. The Morgan fingerprint density at radius 3 is 2.95 bits per heavy atom. The van der Waals surface area contributed by atoms with E-state index in [1.54, 1.807) is 7.48 Å². The van der Waals surface area contributed by atoms with E-state index in [1.165, 1.54) is 0 Å². The molecule has 3 rings (SSSR count). The molecule has 2 aromatic carbocycles. The second-order valence-electron chi connectivity index (χ2n) is 4.61. The first-order chi connectivity index (χ1) is 9.24. The number of carbonyl (C=O) groups excluding carboxylic acids is 1. The molecule has 1 amide bonds. The zero-order valence-corrected chi connectivity index (χ0v) is 10.6. The van der Waals surface area contributed by atoms with Crippen molar-refractivity contribution in [2.75, 3.05) is 5.32 Å². The lowest BCUT2D eigenvalue weighted by molar-refractivity contribution is 0.102. The van der Waals surface area contributed by atoms with Gasteiger partial charge < -0.3 is 9.97 Å². The van der Waals surface area contributed by atoms with Gasteiger partial charge in [-0.15, -0.1) is 0 Å². The van der Waals surface area contributed by atoms with Crippen LogP contribution >= 0.6 is 0 Å². The Morgan fingerprint density at radius 2 is 2.11 bits per heavy atom. The van der Waals surface area contributed by atoms with Crippen LogP contribution in [0, 0.1) is 6.92 Å². The van der Waals surface area contributed by atoms with Gasteiger partial charge in [-0.2, -0.15) is 0 Å². The molecule has 0 aliphatic carbocycles. The highest BCUT2D eigenvalue weighted by molar-refractivity contribution is 6.49. The SMILES string of the molecule is Cc1ccccc1C(=O)Nc1ccc2c(c1)[B]OC2. The Labute approximate surface area is 112 Å². The van der Waals surface area contributed by atoms with Gasteiger partial charge in [0, 0.05) is 11.3 Å². The molecule has 0 unspecified atom stereocenters. The van der Waals surface area contributed by atoms with Gasteiger partial charge in [0.15, 0.2) is 0 Å². The van der Waals surface area contributed by atoms with E-state index >= 15 is 0 Å². The molecule has 0 bridgehead atoms. The number of hydrogen-bond acceptors (Lipinski definition) is 2. The van der Waals surface area contributed by atoms with Gasteiger partial charge in [-0.1, -0.05) is 24.3 Å². The van der Waals surface area contributed by atoms with Crippen molar-refractivity contribution < 1.29 is 9.45 Å². The van der Waals surface area contributed by atoms with E-state index in [0.717, 1.165) is 22.3 Å². The first-order valence-electron chi connectivity index (χ1n) is 6.19. The summed E-state index contributed by atoms with van der Waals surface area (Å²) in [6.45, 7) is 2.54. The van der Waals surface area contributed by atoms with Gasteiger partial charge in [-0.3, -0.25) is 4.79 Å². The highest BCUT2D eigenvalue weighted by atomic mass is 16.4. The standard InChI is InChI=1S/C15H13BNO2/c1-10-4-2-3-5-13(10)15(18)17-12-7-6-11-9-19-16-14(11)8-12/h2-8H,9H2,1H3,(H,17,18). The van der Waals surface area contributed by atoms with Crippen LogP contribution < -0.4 is 10.8 Å². The van der Waals surface area contributed by atoms with Crippen molar-refractivity contribution in [1.82, 2.24) is 0 Å². The second-order valence-corrected chi connectivity index (χ2v) is 4.61. The number of carbonyl (C=O) groups is 1. The average Bonchev–Trinajstić information content (AvgIpc) is 2.86. The summed E-state index contributed by atoms with van der Waals surface area (Å²) in [6.07, 6.45) is 0. The third kappa shape index (κ3) is 2.40. The quantitative estimate of drug-likeness (QED) is 0.828. The molecule has 1 aliphatic rings. The highest BCUT2D eigenvalue weighted by Gasteiger charge is 2.15. The fourth-order valence-corrected chi connectivity index (χ4v) is 2.16. The van der Waals surface area contributed by atoms with Crippen molar-refractivity contribution in [3.05, 3.63) is 59.2 Å². The number of benzene rings is 2. The molecular weight excluding hydrogens is 237 g/mol. The summed E-state index contributed by atoms with van der Waals surface area (Å²) in [5.41, 5.74) is 4.63. The molecule has 0 saturated heterocycles. The first kappa shape index (κ1) is 12.0. The fourth-order valence-electron chi connectivity index (χ4n) is 2.16. The number of hydrogen-bond donors (Lipinski definition) is 1. The molecule has 19 heavy (non-hydrogen) atoms. The molecule has 93 valence electrons. The van der Waals surface area contributed by atoms with Crippen molar-refractivity contribution in [2.24, 2.45) is 0 Å². The van der Waals surface area contributed by atoms with Crippen LogP contribution in [-0.4, -0.2) is 13.4 Å². The van der Waals surface area contributed by atoms with Crippen molar-refractivity contribution in [1.29, 1.82) is 0 Å². The predicted octanol–water partition coefficient (Wildman–Crippen LogP) is 2.02. The first-order valence-corrected chi connectivity index (χ1v) is 6.19. The Kier molecular flexibility index (Phi) is 3.09. The van der Waals surface area contributed by atoms with Crippen molar-refractivity contribution in [2.45, 2.75) is 13.5 Å². The molecule has 3 nitrogen and oxygen atoms in total. The normalized spacial score (nSPS) is 12.7. The van der Waals surface area contributed by atoms with Crippen molar-refractivity contribution in [3.63, 3.8) is 0 Å². The number of aryl methyl sites for hydroxylation is 1. The number of amides is 1. The van der Waals surface area contributed by atoms with Gasteiger partial charge >= 0.3 is 7.48 Å². The molecule has 4 heteroatoms. The minimum absolute atomic E-state index is 0.0861. The van der Waals surface area contributed by atoms with Crippen LogP contribution in [0.5, 0.6) is 0 Å². The van der Waals surface area contributed by atoms with E-state index in [4.69, 9.17) is 4.65 Å². The van der Waals surface area contributed by atoms with Crippen LogP contribution in [0.2, 0.25) is 0 Å². The molecule has 0 fully saturated rings. The summed E-state index contributed by atoms with van der Waals surface area (Å²) < 4.78 is 5.24. The molecule has 1 heterocycles. The summed E-state index contributed by atoms with van der Waals surface area (Å²) in [4.78, 5) is 12.2. The van der Waals surface area contributed by atoms with Crippen LogP contribution in [0.4, 0.5) is 5.69 Å². The monoisotopic (exact) mass is 250 g/mol. The molecule has 2 aromatic rings. The van der Waals surface area contributed by atoms with E-state index in [-0.39, 0.29) is 5.91 Å². The zero-order valence-electron chi connectivity index (χ0n) is 10.6. The lowest BCUT2D eigenvalue weighted by atomic mass is 9.87. The Morgan fingerprint density at radius 1 is 1.26 bits per heavy atom. The topological polar surface area (TPSA) is 38.3 Å². The van der Waals surface area contributed by atoms with E-state index in [9.17, 15) is 4.79 Å². The van der Waals surface area contributed by atoms with Gasteiger partial charge in [-0.25, -0.2) is 0 Å². The van der Waals surface area contributed by atoms with Crippen LogP contribution in [0.15, 0.2) is 42.5 Å². The molecule has 1 aliphatic heterocycles. The third-order valence-corrected chi connectivity index (χ3v) is 3.24. The highest BCUT2D eigenvalue weighted by Crippen LogP contribution is 2.14. The predicted molar refractivity (Wildman–Crippen MR) is 75.8 cm³/mol. The molecule has 0 spiro atoms. The minimum Gasteiger partial charge on any atom is -0.430 e. The summed E-state index contributed by atoms with van der Waals surface area (Å²) in [6, 6.07) is 13.4. The van der Waals surface area contributed by atoms with Gasteiger partial charge in [0.05, 0.1) is 6.61 Å². The molecule has 1 radical (unpaired) electrons. The average molecular weight is 250 g/mol. The number of fused-ring (bicyclic) bond motifs is 1. The van der Waals surface area contributed by atoms with Crippen LogP contribution in [-0.2, 0) is 11.3 Å². The maximum atomic E-state index is 12.2. The summed E-state index contributed by atoms with van der Waals surface area (Å²) in [5.74, 6) is -0.0861. The second kappa shape index (κ2) is 4.90. The Hall–Kier alpha value is -2.07. The number of rotatable bonds is 2. The van der Waals surface area contributed by atoms with Crippen LogP contribution in [0.25, 0.3) is 0 Å². The zero-order chi connectivity index (χ0) is 13.2. The maximum Gasteiger partial charge on any atom is 0.330 e. The Balaban J connectivity index is 1.82. The minimum atomic E-state index is -0.0861. The van der Waals surface area contributed by atoms with Gasteiger partial charge in [0.25, 0.3) is 5.91 Å². The van der Waals surface area contributed by atoms with E-state index in [1.807, 2.05) is 49.4 Å². The van der Waals surface area contributed by atoms with Crippen LogP contribution in [0.3, 0.4) is 0 Å². The largest absolute Gasteiger partial charge is 0.430 e. The molecule has 0 aromatic heterocycles. The van der Waals surface area contributed by atoms with Gasteiger partial charge in [0.2, 0.25) is 0 Å². The third-order valence-electron chi connectivity index (χ3n) is 3.24. The lowest BCUT2D eigenvalue weighted by Crippen LogP contribution is -2.17. The number of nitrogens with one attached hydrogen (secondary N) is 1. The summed E-state index contributed by atoms with van der Waals surface area (Å²) in [7, 11) is 1.72. The molecule has 0 atom stereocenters. The molecular formula is C15H13BNO2. The van der Waals surface area contributed by atoms with Crippen LogP contribution in [0.1, 0.15) is 21.5 Å². The van der Waals surface area contributed by atoms with Crippen molar-refractivity contribution >= 4 is 24.5 Å². The number of anilines is 1. The van der Waals surface area contributed by atoms with Crippen molar-refractivity contribution in [3.8, 4) is 0 Å². The van der Waals surface area contributed by atoms with Gasteiger partial charge in [0.1, 0.15) is 0 Å². The smallest absolute Gasteiger partial charge is 0.330 e. The lowest BCUT2D eigenvalue weighted by Gasteiger charge is -2.08. The maximum absolute atomic E-state index is 12.2. The van der Waals surface area contributed by atoms with E-state index < -0.39 is 0 Å². The fraction of sp³-hybridized carbons (Fsp3) is 0.133. The Bertz CT molecular complexity index is 640. The van der Waals surface area contributed by atoms with E-state index in [2.05, 4.69) is 5.32 Å². The van der Waals surface area contributed by atoms with E-state index in [0.29, 0.717) is 12.2 Å². The summed E-state index contributed by atoms with van der Waals surface area (Å²) in [5, 5.41) is 2.91. The molecule has 0 saturated carbocycles.